The van der Waals surface area contributed by atoms with Crippen LogP contribution in [-0.2, 0) is 10.3 Å². The Morgan fingerprint density at radius 2 is 2.46 bits per heavy atom. The summed E-state index contributed by atoms with van der Waals surface area (Å²) in [4.78, 5) is 12.0. The first-order chi connectivity index (χ1) is 6.10. The van der Waals surface area contributed by atoms with Crippen molar-refractivity contribution >= 4 is 33.4 Å². The van der Waals surface area contributed by atoms with Gasteiger partial charge in [-0.1, -0.05) is 0 Å². The molecule has 1 saturated heterocycles. The summed E-state index contributed by atoms with van der Waals surface area (Å²) in [5.41, 5.74) is -0.492. The molecule has 70 valence electrons. The van der Waals surface area contributed by atoms with Crippen LogP contribution in [0.1, 0.15) is 11.8 Å². The van der Waals surface area contributed by atoms with E-state index in [4.69, 9.17) is 4.74 Å². The van der Waals surface area contributed by atoms with E-state index in [9.17, 15) is 4.79 Å². The monoisotopic (exact) mass is 261 g/mol. The van der Waals surface area contributed by atoms with E-state index in [1.165, 1.54) is 0 Å². The van der Waals surface area contributed by atoms with Gasteiger partial charge in [0.15, 0.2) is 5.60 Å². The molecule has 3 nitrogen and oxygen atoms in total. The maximum atomic E-state index is 10.9. The van der Waals surface area contributed by atoms with E-state index in [1.807, 2.05) is 19.1 Å². The van der Waals surface area contributed by atoms with Crippen LogP contribution in [-0.4, -0.2) is 12.6 Å². The van der Waals surface area contributed by atoms with Crippen LogP contribution in [0.4, 0.5) is 4.79 Å². The minimum Gasteiger partial charge on any atom is -0.436 e. The number of hydrogen-bond acceptors (Lipinski definition) is 3. The Bertz CT molecular complexity index is 352. The van der Waals surface area contributed by atoms with Gasteiger partial charge < -0.3 is 10.1 Å². The van der Waals surface area contributed by atoms with E-state index in [1.54, 1.807) is 11.3 Å². The highest BCUT2D eigenvalue weighted by atomic mass is 79.9. The van der Waals surface area contributed by atoms with E-state index in [-0.39, 0.29) is 6.09 Å². The number of hydrogen-bond donors (Lipinski definition) is 1. The summed E-state index contributed by atoms with van der Waals surface area (Å²) >= 11 is 4.96. The fraction of sp³-hybridized carbons (Fsp3) is 0.375. The molecule has 0 aromatic carbocycles. The number of halogens is 1. The quantitative estimate of drug-likeness (QED) is 0.844. The van der Waals surface area contributed by atoms with E-state index in [0.717, 1.165) is 8.66 Å². The van der Waals surface area contributed by atoms with Crippen molar-refractivity contribution in [1.82, 2.24) is 5.32 Å². The zero-order valence-corrected chi connectivity index (χ0v) is 9.37. The lowest BCUT2D eigenvalue weighted by atomic mass is 10.1. The molecule has 1 atom stereocenters. The summed E-state index contributed by atoms with van der Waals surface area (Å²) in [5.74, 6) is 0. The van der Waals surface area contributed by atoms with Crippen LogP contribution < -0.4 is 5.32 Å². The van der Waals surface area contributed by atoms with Crippen LogP contribution in [0.5, 0.6) is 0 Å². The molecule has 2 rings (SSSR count). The van der Waals surface area contributed by atoms with Crippen LogP contribution >= 0.6 is 27.3 Å². The molecule has 0 aliphatic carbocycles. The maximum Gasteiger partial charge on any atom is 0.408 e. The average Bonchev–Trinajstić information content (AvgIpc) is 2.60. The van der Waals surface area contributed by atoms with Gasteiger partial charge in [-0.2, -0.15) is 0 Å². The molecule has 1 aliphatic rings. The van der Waals surface area contributed by atoms with Gasteiger partial charge >= 0.3 is 6.09 Å². The predicted octanol–water partition coefficient (Wildman–Crippen LogP) is 2.47. The largest absolute Gasteiger partial charge is 0.436 e. The van der Waals surface area contributed by atoms with Crippen molar-refractivity contribution in [3.8, 4) is 0 Å². The molecule has 1 aromatic rings. The Morgan fingerprint density at radius 3 is 2.92 bits per heavy atom. The number of cyclic esters (lactones) is 1. The molecule has 2 heterocycles. The average molecular weight is 262 g/mol. The number of rotatable bonds is 1. The molecule has 1 N–H and O–H groups in total. The van der Waals surface area contributed by atoms with Gasteiger partial charge in [0.05, 0.1) is 15.2 Å². The Morgan fingerprint density at radius 1 is 1.69 bits per heavy atom. The lowest BCUT2D eigenvalue weighted by molar-refractivity contribution is 0.0733. The fourth-order valence-electron chi connectivity index (χ4n) is 1.25. The zero-order chi connectivity index (χ0) is 9.47. The SMILES string of the molecule is CC1(c2ccc(Br)s2)CNC(=O)O1. The lowest BCUT2D eigenvalue weighted by Crippen LogP contribution is -2.24. The molecule has 1 amide bonds. The lowest BCUT2D eigenvalue weighted by Gasteiger charge is -2.18. The van der Waals surface area contributed by atoms with Gasteiger partial charge in [-0.25, -0.2) is 4.79 Å². The van der Waals surface area contributed by atoms with Crippen molar-refractivity contribution in [2.75, 3.05) is 6.54 Å². The van der Waals surface area contributed by atoms with Gasteiger partial charge in [-0.05, 0) is 35.0 Å². The molecule has 1 aromatic heterocycles. The summed E-state index contributed by atoms with van der Waals surface area (Å²) in [7, 11) is 0. The number of nitrogens with one attached hydrogen (secondary N) is 1. The minimum atomic E-state index is -0.492. The summed E-state index contributed by atoms with van der Waals surface area (Å²) in [6.45, 7) is 2.45. The molecule has 13 heavy (non-hydrogen) atoms. The predicted molar refractivity (Wildman–Crippen MR) is 53.9 cm³/mol. The highest BCUT2D eigenvalue weighted by molar-refractivity contribution is 9.11. The molecule has 0 spiro atoms. The summed E-state index contributed by atoms with van der Waals surface area (Å²) in [6, 6.07) is 3.92. The van der Waals surface area contributed by atoms with Crippen molar-refractivity contribution in [2.45, 2.75) is 12.5 Å². The van der Waals surface area contributed by atoms with Crippen LogP contribution in [0.25, 0.3) is 0 Å². The highest BCUT2D eigenvalue weighted by Crippen LogP contribution is 2.35. The molecule has 5 heteroatoms. The van der Waals surface area contributed by atoms with Crippen molar-refractivity contribution < 1.29 is 9.53 Å². The molecule has 0 saturated carbocycles. The van der Waals surface area contributed by atoms with Crippen molar-refractivity contribution in [3.05, 3.63) is 20.8 Å². The second kappa shape index (κ2) is 2.99. The highest BCUT2D eigenvalue weighted by Gasteiger charge is 2.38. The van der Waals surface area contributed by atoms with Gasteiger partial charge in [0.2, 0.25) is 0 Å². The summed E-state index contributed by atoms with van der Waals surface area (Å²) in [6.07, 6.45) is -0.341. The summed E-state index contributed by atoms with van der Waals surface area (Å²) in [5, 5.41) is 2.65. The van der Waals surface area contributed by atoms with Gasteiger partial charge in [-0.15, -0.1) is 11.3 Å². The van der Waals surface area contributed by atoms with Crippen LogP contribution in [0.15, 0.2) is 15.9 Å². The normalized spacial score (nSPS) is 27.1. The third-order valence-electron chi connectivity index (χ3n) is 1.98. The maximum absolute atomic E-state index is 10.9. The van der Waals surface area contributed by atoms with Crippen molar-refractivity contribution in [3.63, 3.8) is 0 Å². The zero-order valence-electron chi connectivity index (χ0n) is 6.96. The van der Waals surface area contributed by atoms with E-state index >= 15 is 0 Å². The fourth-order valence-corrected chi connectivity index (χ4v) is 2.72. The molecule has 1 aliphatic heterocycles. The van der Waals surface area contributed by atoms with Gasteiger partial charge in [0.1, 0.15) is 0 Å². The molecular formula is C8H8BrNO2S. The smallest absolute Gasteiger partial charge is 0.408 e. The van der Waals surface area contributed by atoms with Gasteiger partial charge in [0, 0.05) is 0 Å². The van der Waals surface area contributed by atoms with Crippen LogP contribution in [0.3, 0.4) is 0 Å². The Hall–Kier alpha value is -0.550. The number of carbonyl (C=O) groups is 1. The number of thiophene rings is 1. The van der Waals surface area contributed by atoms with Crippen molar-refractivity contribution in [1.29, 1.82) is 0 Å². The van der Waals surface area contributed by atoms with E-state index in [0.29, 0.717) is 6.54 Å². The van der Waals surface area contributed by atoms with Crippen LogP contribution in [0.2, 0.25) is 0 Å². The Labute approximate surface area is 88.2 Å². The number of carbonyl (C=O) groups excluding carboxylic acids is 1. The third-order valence-corrected chi connectivity index (χ3v) is 3.85. The second-order valence-corrected chi connectivity index (χ2v) is 5.54. The van der Waals surface area contributed by atoms with Crippen molar-refractivity contribution in [2.24, 2.45) is 0 Å². The molecule has 1 unspecified atom stereocenters. The topological polar surface area (TPSA) is 38.3 Å². The van der Waals surface area contributed by atoms with Gasteiger partial charge in [0.25, 0.3) is 0 Å². The number of ether oxygens (including phenoxy) is 1. The second-order valence-electron chi connectivity index (χ2n) is 3.08. The molecular weight excluding hydrogens is 254 g/mol. The van der Waals surface area contributed by atoms with Crippen LogP contribution in [0, 0.1) is 0 Å². The molecule has 0 bridgehead atoms. The van der Waals surface area contributed by atoms with Gasteiger partial charge in [-0.3, -0.25) is 0 Å². The third kappa shape index (κ3) is 1.58. The first-order valence-corrected chi connectivity index (χ1v) is 5.44. The summed E-state index contributed by atoms with van der Waals surface area (Å²) < 4.78 is 6.24. The Balaban J connectivity index is 2.30. The molecule has 0 radical (unpaired) electrons. The number of amides is 1. The standard InChI is InChI=1S/C8H8BrNO2S/c1-8(4-10-7(11)12-8)5-2-3-6(9)13-5/h2-3H,4H2,1H3,(H,10,11). The molecule has 1 fully saturated rings. The Kier molecular flexibility index (Phi) is 2.08. The first-order valence-electron chi connectivity index (χ1n) is 3.83. The van der Waals surface area contributed by atoms with E-state index < -0.39 is 5.60 Å². The first kappa shape index (κ1) is 9.02. The minimum absolute atomic E-state index is 0.341. The van der Waals surface area contributed by atoms with E-state index in [2.05, 4.69) is 21.2 Å². The number of alkyl carbamates (subject to hydrolysis) is 1.